The lowest BCUT2D eigenvalue weighted by Gasteiger charge is -2.01. The maximum atomic E-state index is 12.8. The molecular formula is C17H13N3O3S. The summed E-state index contributed by atoms with van der Waals surface area (Å²) < 4.78 is 4.58. The fraction of sp³-hybridized carbons (Fsp3) is 0.0588. The Bertz CT molecular complexity index is 863. The number of ether oxygens (including phenoxy) is 1. The number of methoxy groups -OCH3 is 1. The van der Waals surface area contributed by atoms with Crippen LogP contribution in [-0.2, 0) is 4.74 Å². The normalized spacial score (nSPS) is 10.2. The van der Waals surface area contributed by atoms with Crippen molar-refractivity contribution in [3.05, 3.63) is 65.3 Å². The van der Waals surface area contributed by atoms with Crippen LogP contribution < -0.4 is 5.32 Å². The average molecular weight is 339 g/mol. The number of thiazole rings is 1. The summed E-state index contributed by atoms with van der Waals surface area (Å²) in [5, 5.41) is 2.81. The van der Waals surface area contributed by atoms with Crippen LogP contribution in [0.15, 0.2) is 54.9 Å². The summed E-state index contributed by atoms with van der Waals surface area (Å²) in [6.45, 7) is 0. The molecule has 2 aromatic heterocycles. The van der Waals surface area contributed by atoms with Gasteiger partial charge in [0.2, 0.25) is 5.78 Å². The molecule has 0 aliphatic carbocycles. The molecule has 0 radical (unpaired) electrons. The third kappa shape index (κ3) is 3.31. The van der Waals surface area contributed by atoms with E-state index in [9.17, 15) is 9.59 Å². The van der Waals surface area contributed by atoms with Crippen molar-refractivity contribution in [2.45, 2.75) is 0 Å². The summed E-state index contributed by atoms with van der Waals surface area (Å²) in [4.78, 5) is 33.0. The number of pyridine rings is 1. The van der Waals surface area contributed by atoms with Crippen LogP contribution in [0.3, 0.4) is 0 Å². The number of ketones is 1. The molecule has 0 atom stereocenters. The molecule has 0 saturated carbocycles. The van der Waals surface area contributed by atoms with Crippen molar-refractivity contribution in [1.29, 1.82) is 0 Å². The molecule has 0 fully saturated rings. The van der Waals surface area contributed by atoms with Crippen molar-refractivity contribution >= 4 is 28.3 Å². The SMILES string of the molecule is COC(=O)Nc1nc(-c2ccccc2)c(C(=O)c2cccnc2)s1. The number of hydrogen-bond donors (Lipinski definition) is 1. The molecule has 24 heavy (non-hydrogen) atoms. The Kier molecular flexibility index (Phi) is 4.62. The molecule has 1 amide bonds. The third-order valence-electron chi connectivity index (χ3n) is 3.20. The number of rotatable bonds is 4. The summed E-state index contributed by atoms with van der Waals surface area (Å²) in [6, 6.07) is 12.7. The molecule has 7 heteroatoms. The van der Waals surface area contributed by atoms with Gasteiger partial charge in [0.1, 0.15) is 4.88 Å². The summed E-state index contributed by atoms with van der Waals surface area (Å²) >= 11 is 1.10. The topological polar surface area (TPSA) is 81.2 Å². The second-order valence-electron chi connectivity index (χ2n) is 4.75. The van der Waals surface area contributed by atoms with E-state index in [1.165, 1.54) is 13.3 Å². The van der Waals surface area contributed by atoms with E-state index in [0.29, 0.717) is 21.3 Å². The van der Waals surface area contributed by atoms with Crippen molar-refractivity contribution in [3.8, 4) is 11.3 Å². The largest absolute Gasteiger partial charge is 0.453 e. The highest BCUT2D eigenvalue weighted by Gasteiger charge is 2.21. The van der Waals surface area contributed by atoms with Crippen molar-refractivity contribution < 1.29 is 14.3 Å². The molecule has 0 spiro atoms. The smallest absolute Gasteiger partial charge is 0.413 e. The van der Waals surface area contributed by atoms with Gasteiger partial charge in [-0.3, -0.25) is 15.1 Å². The second-order valence-corrected chi connectivity index (χ2v) is 5.75. The van der Waals surface area contributed by atoms with E-state index < -0.39 is 6.09 Å². The van der Waals surface area contributed by atoms with Gasteiger partial charge in [-0.25, -0.2) is 9.78 Å². The van der Waals surface area contributed by atoms with E-state index in [1.54, 1.807) is 18.3 Å². The predicted molar refractivity (Wildman–Crippen MR) is 91.2 cm³/mol. The lowest BCUT2D eigenvalue weighted by molar-refractivity contribution is 0.104. The number of aromatic nitrogens is 2. The van der Waals surface area contributed by atoms with Crippen molar-refractivity contribution in [1.82, 2.24) is 9.97 Å². The van der Waals surface area contributed by atoms with E-state index in [4.69, 9.17) is 0 Å². The number of anilines is 1. The summed E-state index contributed by atoms with van der Waals surface area (Å²) in [5.41, 5.74) is 1.77. The monoisotopic (exact) mass is 339 g/mol. The standard InChI is InChI=1S/C17H13N3O3S/c1-23-17(22)20-16-19-13(11-6-3-2-4-7-11)15(24-16)14(21)12-8-5-9-18-10-12/h2-10H,1H3,(H,19,20,22). The summed E-state index contributed by atoms with van der Waals surface area (Å²) in [5.74, 6) is -0.197. The molecule has 0 saturated heterocycles. The fourth-order valence-corrected chi connectivity index (χ4v) is 3.02. The maximum Gasteiger partial charge on any atom is 0.413 e. The molecule has 6 nitrogen and oxygen atoms in total. The van der Waals surface area contributed by atoms with E-state index in [2.05, 4.69) is 20.0 Å². The van der Waals surface area contributed by atoms with Crippen LogP contribution in [0.4, 0.5) is 9.93 Å². The average Bonchev–Trinajstić information content (AvgIpc) is 3.06. The Balaban J connectivity index is 2.06. The van der Waals surface area contributed by atoms with Crippen molar-refractivity contribution in [2.24, 2.45) is 0 Å². The number of carbonyl (C=O) groups excluding carboxylic acids is 2. The highest BCUT2D eigenvalue weighted by molar-refractivity contribution is 7.18. The Labute approximate surface area is 142 Å². The van der Waals surface area contributed by atoms with Gasteiger partial charge in [-0.2, -0.15) is 0 Å². The Morgan fingerprint density at radius 2 is 1.92 bits per heavy atom. The first-order chi connectivity index (χ1) is 11.7. The fourth-order valence-electron chi connectivity index (χ4n) is 2.09. The number of carbonyl (C=O) groups is 2. The Morgan fingerprint density at radius 3 is 2.58 bits per heavy atom. The van der Waals surface area contributed by atoms with E-state index in [0.717, 1.165) is 16.9 Å². The Hall–Kier alpha value is -3.06. The predicted octanol–water partition coefficient (Wildman–Crippen LogP) is 3.61. The summed E-state index contributed by atoms with van der Waals surface area (Å²) in [6.07, 6.45) is 2.47. The van der Waals surface area contributed by atoms with Crippen LogP contribution in [0, 0.1) is 0 Å². The van der Waals surface area contributed by atoms with Crippen molar-refractivity contribution in [3.63, 3.8) is 0 Å². The molecule has 0 unspecified atom stereocenters. The van der Waals surface area contributed by atoms with Gasteiger partial charge in [-0.15, -0.1) is 0 Å². The van der Waals surface area contributed by atoms with Gasteiger partial charge in [0, 0.05) is 23.5 Å². The minimum absolute atomic E-state index is 0.197. The maximum absolute atomic E-state index is 12.8. The van der Waals surface area contributed by atoms with Gasteiger partial charge < -0.3 is 4.74 Å². The van der Waals surface area contributed by atoms with Crippen molar-refractivity contribution in [2.75, 3.05) is 12.4 Å². The first kappa shape index (κ1) is 15.8. The lowest BCUT2D eigenvalue weighted by Crippen LogP contribution is -2.10. The quantitative estimate of drug-likeness (QED) is 0.734. The number of amides is 1. The van der Waals surface area contributed by atoms with E-state index in [-0.39, 0.29) is 5.78 Å². The molecule has 120 valence electrons. The molecule has 3 rings (SSSR count). The second kappa shape index (κ2) is 7.01. The third-order valence-corrected chi connectivity index (χ3v) is 4.17. The molecule has 0 aliphatic heterocycles. The van der Waals surface area contributed by atoms with Gasteiger partial charge in [-0.1, -0.05) is 41.7 Å². The number of benzene rings is 1. The van der Waals surface area contributed by atoms with Crippen LogP contribution in [0.1, 0.15) is 15.2 Å². The zero-order valence-corrected chi connectivity index (χ0v) is 13.5. The van der Waals surface area contributed by atoms with E-state index in [1.807, 2.05) is 30.3 Å². The minimum Gasteiger partial charge on any atom is -0.453 e. The number of hydrogen-bond acceptors (Lipinski definition) is 6. The van der Waals surface area contributed by atoms with Crippen LogP contribution in [0.2, 0.25) is 0 Å². The van der Waals surface area contributed by atoms with Gasteiger partial charge in [-0.05, 0) is 12.1 Å². The van der Waals surface area contributed by atoms with E-state index >= 15 is 0 Å². The Morgan fingerprint density at radius 1 is 1.12 bits per heavy atom. The van der Waals surface area contributed by atoms with Gasteiger partial charge in [0.15, 0.2) is 5.13 Å². The first-order valence-electron chi connectivity index (χ1n) is 7.05. The van der Waals surface area contributed by atoms with Gasteiger partial charge in [0.25, 0.3) is 0 Å². The highest BCUT2D eigenvalue weighted by Crippen LogP contribution is 2.32. The van der Waals surface area contributed by atoms with Crippen LogP contribution >= 0.6 is 11.3 Å². The zero-order valence-electron chi connectivity index (χ0n) is 12.7. The molecule has 1 aromatic carbocycles. The van der Waals surface area contributed by atoms with Gasteiger partial charge in [0.05, 0.1) is 12.8 Å². The summed E-state index contributed by atoms with van der Waals surface area (Å²) in [7, 11) is 1.27. The van der Waals surface area contributed by atoms with Crippen LogP contribution in [0.5, 0.6) is 0 Å². The van der Waals surface area contributed by atoms with Crippen LogP contribution in [-0.4, -0.2) is 29.0 Å². The number of nitrogens with zero attached hydrogens (tertiary/aromatic N) is 2. The minimum atomic E-state index is -0.635. The van der Waals surface area contributed by atoms with Gasteiger partial charge >= 0.3 is 6.09 Å². The first-order valence-corrected chi connectivity index (χ1v) is 7.86. The molecule has 0 aliphatic rings. The molecule has 3 aromatic rings. The van der Waals surface area contributed by atoms with Crippen LogP contribution in [0.25, 0.3) is 11.3 Å². The molecule has 2 heterocycles. The highest BCUT2D eigenvalue weighted by atomic mass is 32.1. The lowest BCUT2D eigenvalue weighted by atomic mass is 10.1. The number of nitrogens with one attached hydrogen (secondary N) is 1. The zero-order chi connectivity index (χ0) is 16.9. The molecule has 1 N–H and O–H groups in total. The molecular weight excluding hydrogens is 326 g/mol. The molecule has 0 bridgehead atoms.